The number of aryl methyl sites for hydroxylation is 1. The second-order valence-electron chi connectivity index (χ2n) is 8.46. The van der Waals surface area contributed by atoms with Crippen LogP contribution < -0.4 is 10.9 Å². The average molecular weight is 474 g/mol. The third-order valence-electron chi connectivity index (χ3n) is 5.97. The van der Waals surface area contributed by atoms with Gasteiger partial charge in [0.15, 0.2) is 5.11 Å². The van der Waals surface area contributed by atoms with Crippen LogP contribution in [0.1, 0.15) is 42.1 Å². The van der Waals surface area contributed by atoms with Gasteiger partial charge < -0.3 is 15.2 Å². The Morgan fingerprint density at radius 1 is 1.00 bits per heavy atom. The van der Waals surface area contributed by atoms with E-state index < -0.39 is 0 Å². The Labute approximate surface area is 204 Å². The zero-order valence-corrected chi connectivity index (χ0v) is 20.2. The molecule has 174 valence electrons. The SMILES string of the molecule is CCc1ccc2[nH]c(=O)c(CN(Cc3ccc(F)cc3)C(=S)N[C@@H](C)c3ccccc3)cc2c1. The fraction of sp³-hybridized carbons (Fsp3) is 0.214. The fourth-order valence-electron chi connectivity index (χ4n) is 3.96. The van der Waals surface area contributed by atoms with Gasteiger partial charge in [-0.05, 0) is 78.0 Å². The zero-order valence-electron chi connectivity index (χ0n) is 19.3. The molecule has 0 spiro atoms. The summed E-state index contributed by atoms with van der Waals surface area (Å²) in [5, 5.41) is 4.92. The van der Waals surface area contributed by atoms with Crippen LogP contribution in [0.3, 0.4) is 0 Å². The van der Waals surface area contributed by atoms with Crippen molar-refractivity contribution in [2.24, 2.45) is 0 Å². The summed E-state index contributed by atoms with van der Waals surface area (Å²) in [6.07, 6.45) is 0.923. The molecule has 0 bridgehead atoms. The topological polar surface area (TPSA) is 48.1 Å². The van der Waals surface area contributed by atoms with E-state index in [2.05, 4.69) is 23.3 Å². The van der Waals surface area contributed by atoms with Crippen LogP contribution in [0.25, 0.3) is 10.9 Å². The van der Waals surface area contributed by atoms with Gasteiger partial charge in [-0.15, -0.1) is 0 Å². The molecule has 3 aromatic carbocycles. The molecule has 0 radical (unpaired) electrons. The van der Waals surface area contributed by atoms with Gasteiger partial charge in [-0.3, -0.25) is 4.79 Å². The van der Waals surface area contributed by atoms with Gasteiger partial charge in [-0.25, -0.2) is 4.39 Å². The Hall–Kier alpha value is -3.51. The summed E-state index contributed by atoms with van der Waals surface area (Å²) in [5.41, 5.74) is 4.53. The Morgan fingerprint density at radius 3 is 2.41 bits per heavy atom. The molecule has 1 atom stereocenters. The molecule has 1 heterocycles. The van der Waals surface area contributed by atoms with E-state index in [4.69, 9.17) is 12.2 Å². The number of hydrogen-bond acceptors (Lipinski definition) is 2. The molecule has 0 unspecified atom stereocenters. The Balaban J connectivity index is 1.63. The van der Waals surface area contributed by atoms with E-state index in [-0.39, 0.29) is 17.4 Å². The van der Waals surface area contributed by atoms with Crippen molar-refractivity contribution in [3.05, 3.63) is 117 Å². The first-order valence-corrected chi connectivity index (χ1v) is 11.8. The number of thiocarbonyl (C=S) groups is 1. The first kappa shape index (κ1) is 23.6. The van der Waals surface area contributed by atoms with Crippen LogP contribution in [0.2, 0.25) is 0 Å². The van der Waals surface area contributed by atoms with Gasteiger partial charge in [0.2, 0.25) is 0 Å². The summed E-state index contributed by atoms with van der Waals surface area (Å²) in [6.45, 7) is 4.93. The molecule has 4 nitrogen and oxygen atoms in total. The minimum atomic E-state index is -0.286. The number of aromatic nitrogens is 1. The van der Waals surface area contributed by atoms with Crippen molar-refractivity contribution in [3.8, 4) is 0 Å². The van der Waals surface area contributed by atoms with E-state index >= 15 is 0 Å². The van der Waals surface area contributed by atoms with Gasteiger partial charge in [-0.2, -0.15) is 0 Å². The van der Waals surface area contributed by atoms with Crippen molar-refractivity contribution in [3.63, 3.8) is 0 Å². The number of nitrogens with zero attached hydrogens (tertiary/aromatic N) is 1. The Morgan fingerprint density at radius 2 is 1.71 bits per heavy atom. The lowest BCUT2D eigenvalue weighted by molar-refractivity contribution is 0.392. The molecule has 0 saturated heterocycles. The number of fused-ring (bicyclic) bond motifs is 1. The normalized spacial score (nSPS) is 11.9. The van der Waals surface area contributed by atoms with Crippen molar-refractivity contribution in [2.75, 3.05) is 0 Å². The summed E-state index contributed by atoms with van der Waals surface area (Å²) in [6, 6.07) is 24.4. The smallest absolute Gasteiger partial charge is 0.253 e. The van der Waals surface area contributed by atoms with Gasteiger partial charge in [0.05, 0.1) is 12.6 Å². The molecular formula is C28H28FN3OS. The second kappa shape index (κ2) is 10.6. The number of H-pyrrole nitrogens is 1. The standard InChI is InChI=1S/C28H28FN3OS/c1-3-20-11-14-26-23(15-20)16-24(27(33)31-26)18-32(17-21-9-12-25(29)13-10-21)28(34)30-19(2)22-7-5-4-6-8-22/h4-16,19H,3,17-18H2,1-2H3,(H,30,34)(H,31,33)/t19-/m0/s1. The highest BCUT2D eigenvalue weighted by Gasteiger charge is 2.17. The molecule has 34 heavy (non-hydrogen) atoms. The van der Waals surface area contributed by atoms with Gasteiger partial charge in [0.25, 0.3) is 5.56 Å². The van der Waals surface area contributed by atoms with E-state index in [0.29, 0.717) is 23.8 Å². The van der Waals surface area contributed by atoms with Crippen LogP contribution >= 0.6 is 12.2 Å². The van der Waals surface area contributed by atoms with Gasteiger partial charge in [-0.1, -0.05) is 55.5 Å². The molecule has 4 rings (SSSR count). The van der Waals surface area contributed by atoms with Gasteiger partial charge in [0, 0.05) is 17.6 Å². The summed E-state index contributed by atoms with van der Waals surface area (Å²) < 4.78 is 13.5. The molecule has 0 aliphatic rings. The van der Waals surface area contributed by atoms with E-state index in [0.717, 1.165) is 28.5 Å². The molecule has 0 aliphatic heterocycles. The quantitative estimate of drug-likeness (QED) is 0.330. The largest absolute Gasteiger partial charge is 0.356 e. The van der Waals surface area contributed by atoms with Crippen LogP contribution in [0, 0.1) is 5.82 Å². The third kappa shape index (κ3) is 5.69. The van der Waals surface area contributed by atoms with Crippen LogP contribution in [-0.2, 0) is 19.5 Å². The van der Waals surface area contributed by atoms with E-state index in [1.165, 1.54) is 17.7 Å². The van der Waals surface area contributed by atoms with E-state index in [1.807, 2.05) is 60.4 Å². The van der Waals surface area contributed by atoms with Crippen LogP contribution in [0.4, 0.5) is 4.39 Å². The molecule has 1 aromatic heterocycles. The maximum Gasteiger partial charge on any atom is 0.253 e. The van der Waals surface area contributed by atoms with Crippen molar-refractivity contribution in [1.29, 1.82) is 0 Å². The van der Waals surface area contributed by atoms with Crippen LogP contribution in [0.15, 0.2) is 83.7 Å². The molecule has 0 aliphatic carbocycles. The number of benzene rings is 3. The predicted octanol–water partition coefficient (Wildman–Crippen LogP) is 5.87. The maximum atomic E-state index is 13.5. The van der Waals surface area contributed by atoms with Crippen molar-refractivity contribution >= 4 is 28.2 Å². The lowest BCUT2D eigenvalue weighted by atomic mass is 10.1. The third-order valence-corrected chi connectivity index (χ3v) is 6.34. The van der Waals surface area contributed by atoms with Crippen molar-refractivity contribution < 1.29 is 4.39 Å². The second-order valence-corrected chi connectivity index (χ2v) is 8.85. The Kier molecular flexibility index (Phi) is 7.38. The number of pyridine rings is 1. The van der Waals surface area contributed by atoms with Gasteiger partial charge >= 0.3 is 0 Å². The number of aromatic amines is 1. The van der Waals surface area contributed by atoms with E-state index in [1.54, 1.807) is 12.1 Å². The highest BCUT2D eigenvalue weighted by molar-refractivity contribution is 7.80. The van der Waals surface area contributed by atoms with Gasteiger partial charge in [0.1, 0.15) is 5.82 Å². The molecular weight excluding hydrogens is 445 g/mol. The van der Waals surface area contributed by atoms with Crippen molar-refractivity contribution in [1.82, 2.24) is 15.2 Å². The lowest BCUT2D eigenvalue weighted by Crippen LogP contribution is -2.41. The molecule has 6 heteroatoms. The number of hydrogen-bond donors (Lipinski definition) is 2. The highest BCUT2D eigenvalue weighted by atomic mass is 32.1. The highest BCUT2D eigenvalue weighted by Crippen LogP contribution is 2.18. The first-order chi connectivity index (χ1) is 16.4. The maximum absolute atomic E-state index is 13.5. The summed E-state index contributed by atoms with van der Waals surface area (Å²) in [5.74, 6) is -0.286. The molecule has 0 amide bonds. The number of rotatable bonds is 7. The fourth-order valence-corrected chi connectivity index (χ4v) is 4.26. The molecule has 4 aromatic rings. The van der Waals surface area contributed by atoms with E-state index in [9.17, 15) is 9.18 Å². The first-order valence-electron chi connectivity index (χ1n) is 11.4. The monoisotopic (exact) mass is 473 g/mol. The minimum Gasteiger partial charge on any atom is -0.356 e. The molecule has 0 fully saturated rings. The number of nitrogens with one attached hydrogen (secondary N) is 2. The van der Waals surface area contributed by atoms with Crippen LogP contribution in [-0.4, -0.2) is 15.0 Å². The summed E-state index contributed by atoms with van der Waals surface area (Å²) >= 11 is 5.78. The molecule has 2 N–H and O–H groups in total. The predicted molar refractivity (Wildman–Crippen MR) is 140 cm³/mol. The summed E-state index contributed by atoms with van der Waals surface area (Å²) in [4.78, 5) is 17.8. The number of halogens is 1. The van der Waals surface area contributed by atoms with Crippen molar-refractivity contribution in [2.45, 2.75) is 39.4 Å². The molecule has 0 saturated carbocycles. The Bertz CT molecular complexity index is 1340. The van der Waals surface area contributed by atoms with Crippen LogP contribution in [0.5, 0.6) is 0 Å². The lowest BCUT2D eigenvalue weighted by Gasteiger charge is -2.28. The zero-order chi connectivity index (χ0) is 24.1. The minimum absolute atomic E-state index is 0.00795. The summed E-state index contributed by atoms with van der Waals surface area (Å²) in [7, 11) is 0. The average Bonchev–Trinajstić information content (AvgIpc) is 2.85.